The smallest absolute Gasteiger partial charge is 0.252 e. The van der Waals surface area contributed by atoms with Gasteiger partial charge in [-0.3, -0.25) is 0 Å². The highest BCUT2D eigenvalue weighted by molar-refractivity contribution is 7.91. The summed E-state index contributed by atoms with van der Waals surface area (Å²) in [7, 11) is -3.30. The highest BCUT2D eigenvalue weighted by atomic mass is 32.2. The lowest BCUT2D eigenvalue weighted by Crippen LogP contribution is -2.39. The highest BCUT2D eigenvalue weighted by Crippen LogP contribution is 2.26. The summed E-state index contributed by atoms with van der Waals surface area (Å²) < 4.78 is 32.7. The van der Waals surface area contributed by atoms with E-state index in [4.69, 9.17) is 4.74 Å². The van der Waals surface area contributed by atoms with Crippen LogP contribution in [0.15, 0.2) is 52.1 Å². The van der Waals surface area contributed by atoms with E-state index in [2.05, 4.69) is 0 Å². The molecule has 0 aliphatic carbocycles. The third-order valence-electron chi connectivity index (χ3n) is 3.89. The Morgan fingerprint density at radius 3 is 2.45 bits per heavy atom. The van der Waals surface area contributed by atoms with Crippen LogP contribution in [0.4, 0.5) is 0 Å². The monoisotopic (exact) mass is 337 g/mol. The lowest BCUT2D eigenvalue weighted by molar-refractivity contribution is 0.185. The third-order valence-corrected chi connectivity index (χ3v) is 7.16. The van der Waals surface area contributed by atoms with Crippen LogP contribution in [0.3, 0.4) is 0 Å². The number of hydrogen-bond acceptors (Lipinski definition) is 4. The number of piperidine rings is 1. The fraction of sp³-hybridized carbons (Fsp3) is 0.375. The molecule has 1 fully saturated rings. The zero-order valence-corrected chi connectivity index (χ0v) is 13.9. The van der Waals surface area contributed by atoms with Gasteiger partial charge >= 0.3 is 0 Å². The molecular formula is C16H19NO3S2. The van der Waals surface area contributed by atoms with Crippen molar-refractivity contribution in [2.24, 2.45) is 5.92 Å². The van der Waals surface area contributed by atoms with Crippen LogP contribution in [0, 0.1) is 5.92 Å². The maximum atomic E-state index is 12.4. The molecule has 0 bridgehead atoms. The Hall–Kier alpha value is -1.37. The van der Waals surface area contributed by atoms with E-state index in [-0.39, 0.29) is 0 Å². The van der Waals surface area contributed by atoms with Crippen molar-refractivity contribution < 1.29 is 13.2 Å². The van der Waals surface area contributed by atoms with Crippen LogP contribution in [-0.2, 0) is 10.0 Å². The molecule has 22 heavy (non-hydrogen) atoms. The molecule has 0 spiro atoms. The Balaban J connectivity index is 1.52. The van der Waals surface area contributed by atoms with Crippen LogP contribution in [0.25, 0.3) is 0 Å². The minimum Gasteiger partial charge on any atom is -0.493 e. The quantitative estimate of drug-likeness (QED) is 0.841. The molecule has 0 unspecified atom stereocenters. The van der Waals surface area contributed by atoms with Gasteiger partial charge in [-0.05, 0) is 42.3 Å². The Morgan fingerprint density at radius 1 is 1.09 bits per heavy atom. The van der Waals surface area contributed by atoms with Crippen LogP contribution < -0.4 is 4.74 Å². The number of ether oxygens (including phenoxy) is 1. The number of benzene rings is 1. The highest BCUT2D eigenvalue weighted by Gasteiger charge is 2.30. The largest absolute Gasteiger partial charge is 0.493 e. The molecule has 0 N–H and O–H groups in total. The lowest BCUT2D eigenvalue weighted by atomic mass is 9.99. The minimum atomic E-state index is -3.30. The van der Waals surface area contributed by atoms with Crippen molar-refractivity contribution in [2.75, 3.05) is 19.7 Å². The number of sulfonamides is 1. The summed E-state index contributed by atoms with van der Waals surface area (Å²) in [6, 6.07) is 13.2. The van der Waals surface area contributed by atoms with Gasteiger partial charge in [-0.1, -0.05) is 24.3 Å². The van der Waals surface area contributed by atoms with Gasteiger partial charge in [0.15, 0.2) is 0 Å². The van der Waals surface area contributed by atoms with Gasteiger partial charge in [0, 0.05) is 13.1 Å². The van der Waals surface area contributed by atoms with Gasteiger partial charge in [-0.2, -0.15) is 4.31 Å². The average Bonchev–Trinajstić information content (AvgIpc) is 3.10. The number of para-hydroxylation sites is 1. The Bertz CT molecular complexity index is 675. The van der Waals surface area contributed by atoms with Crippen LogP contribution in [0.5, 0.6) is 5.75 Å². The van der Waals surface area contributed by atoms with Crippen molar-refractivity contribution in [1.82, 2.24) is 4.31 Å². The summed E-state index contributed by atoms with van der Waals surface area (Å²) in [5.74, 6) is 1.28. The van der Waals surface area contributed by atoms with E-state index in [0.29, 0.717) is 29.8 Å². The molecule has 1 aliphatic heterocycles. The van der Waals surface area contributed by atoms with Gasteiger partial charge in [-0.15, -0.1) is 11.3 Å². The van der Waals surface area contributed by atoms with Crippen molar-refractivity contribution in [2.45, 2.75) is 17.1 Å². The van der Waals surface area contributed by atoms with Gasteiger partial charge in [-0.25, -0.2) is 8.42 Å². The fourth-order valence-electron chi connectivity index (χ4n) is 2.58. The molecule has 1 aromatic heterocycles. The van der Waals surface area contributed by atoms with Gasteiger partial charge in [0.1, 0.15) is 9.96 Å². The number of nitrogens with zero attached hydrogens (tertiary/aromatic N) is 1. The number of hydrogen-bond donors (Lipinski definition) is 0. The summed E-state index contributed by atoms with van der Waals surface area (Å²) in [6.45, 7) is 1.79. The minimum absolute atomic E-state index is 0.412. The van der Waals surface area contributed by atoms with Crippen LogP contribution in [0.1, 0.15) is 12.8 Å². The molecule has 0 amide bonds. The Kier molecular flexibility index (Phi) is 4.81. The van der Waals surface area contributed by atoms with E-state index in [0.717, 1.165) is 18.6 Å². The predicted molar refractivity (Wildman–Crippen MR) is 87.7 cm³/mol. The molecule has 0 atom stereocenters. The first kappa shape index (κ1) is 15.5. The maximum Gasteiger partial charge on any atom is 0.252 e. The first-order valence-electron chi connectivity index (χ1n) is 7.38. The van der Waals surface area contributed by atoms with Gasteiger partial charge in [0.05, 0.1) is 6.61 Å². The second-order valence-corrected chi connectivity index (χ2v) is 8.52. The first-order chi connectivity index (χ1) is 10.7. The molecule has 1 aromatic carbocycles. The van der Waals surface area contributed by atoms with Crippen molar-refractivity contribution >= 4 is 21.4 Å². The van der Waals surface area contributed by atoms with Crippen molar-refractivity contribution in [3.8, 4) is 5.75 Å². The Morgan fingerprint density at radius 2 is 1.82 bits per heavy atom. The molecule has 3 rings (SSSR count). The molecule has 2 aromatic rings. The SMILES string of the molecule is O=S(=O)(c1cccs1)N1CCC(COc2ccccc2)CC1. The fourth-order valence-corrected chi connectivity index (χ4v) is 5.20. The zero-order valence-electron chi connectivity index (χ0n) is 12.2. The van der Waals surface area contributed by atoms with Gasteiger partial charge in [0.2, 0.25) is 0 Å². The maximum absolute atomic E-state index is 12.4. The molecule has 118 valence electrons. The molecule has 0 radical (unpaired) electrons. The van der Waals surface area contributed by atoms with Crippen LogP contribution in [0.2, 0.25) is 0 Å². The molecule has 1 aliphatic rings. The zero-order chi connectivity index (χ0) is 15.4. The molecule has 2 heterocycles. The summed E-state index contributed by atoms with van der Waals surface area (Å²) in [5, 5.41) is 1.80. The predicted octanol–water partition coefficient (Wildman–Crippen LogP) is 3.23. The van der Waals surface area contributed by atoms with Crippen LogP contribution in [-0.4, -0.2) is 32.4 Å². The van der Waals surface area contributed by atoms with E-state index < -0.39 is 10.0 Å². The summed E-state index contributed by atoms with van der Waals surface area (Å²) in [6.07, 6.45) is 1.69. The van der Waals surface area contributed by atoms with E-state index in [1.807, 2.05) is 30.3 Å². The van der Waals surface area contributed by atoms with E-state index in [1.54, 1.807) is 21.8 Å². The second kappa shape index (κ2) is 6.81. The summed E-state index contributed by atoms with van der Waals surface area (Å²) in [4.78, 5) is 0. The summed E-state index contributed by atoms with van der Waals surface area (Å²) >= 11 is 1.28. The van der Waals surface area contributed by atoms with Crippen molar-refractivity contribution in [3.63, 3.8) is 0 Å². The first-order valence-corrected chi connectivity index (χ1v) is 9.70. The lowest BCUT2D eigenvalue weighted by Gasteiger charge is -2.30. The third kappa shape index (κ3) is 3.51. The van der Waals surface area contributed by atoms with Crippen molar-refractivity contribution in [3.05, 3.63) is 47.8 Å². The summed E-state index contributed by atoms with van der Waals surface area (Å²) in [5.41, 5.74) is 0. The molecule has 1 saturated heterocycles. The molecule has 6 heteroatoms. The molecular weight excluding hydrogens is 318 g/mol. The van der Waals surface area contributed by atoms with E-state index >= 15 is 0 Å². The van der Waals surface area contributed by atoms with Crippen molar-refractivity contribution in [1.29, 1.82) is 0 Å². The van der Waals surface area contributed by atoms with Gasteiger partial charge in [0.25, 0.3) is 10.0 Å². The molecule has 4 nitrogen and oxygen atoms in total. The van der Waals surface area contributed by atoms with E-state index in [9.17, 15) is 8.42 Å². The van der Waals surface area contributed by atoms with Gasteiger partial charge < -0.3 is 4.74 Å². The standard InChI is InChI=1S/C16H19NO3S2/c18-22(19,16-7-4-12-21-16)17-10-8-14(9-11-17)13-20-15-5-2-1-3-6-15/h1-7,12,14H,8-11,13H2. The topological polar surface area (TPSA) is 46.6 Å². The van der Waals surface area contributed by atoms with E-state index in [1.165, 1.54) is 11.3 Å². The number of thiophene rings is 1. The molecule has 0 saturated carbocycles. The average molecular weight is 337 g/mol. The Labute approximate surface area is 135 Å². The number of rotatable bonds is 5. The normalized spacial score (nSPS) is 17.5. The second-order valence-electron chi connectivity index (χ2n) is 5.40. The van der Waals surface area contributed by atoms with Crippen LogP contribution >= 0.6 is 11.3 Å².